The second-order valence-electron chi connectivity index (χ2n) is 4.08. The molecule has 2 aromatic rings. The third kappa shape index (κ3) is 3.57. The molecule has 0 aliphatic carbocycles. The molecule has 6 nitrogen and oxygen atoms in total. The third-order valence-electron chi connectivity index (χ3n) is 2.69. The molecule has 0 aliphatic heterocycles. The molecular formula is C14H11BrN2O4. The van der Waals surface area contributed by atoms with E-state index in [0.717, 1.165) is 0 Å². The zero-order valence-corrected chi connectivity index (χ0v) is 12.6. The fourth-order valence-electron chi connectivity index (χ4n) is 1.68. The van der Waals surface area contributed by atoms with E-state index in [0.29, 0.717) is 15.9 Å². The number of hydrogen-bond acceptors (Lipinski definition) is 5. The van der Waals surface area contributed by atoms with Crippen molar-refractivity contribution < 1.29 is 14.8 Å². The Labute approximate surface area is 129 Å². The Bertz CT molecular complexity index is 716. The van der Waals surface area contributed by atoms with Gasteiger partial charge >= 0.3 is 5.69 Å². The third-order valence-corrected chi connectivity index (χ3v) is 3.14. The summed E-state index contributed by atoms with van der Waals surface area (Å²) in [6.45, 7) is 0. The summed E-state index contributed by atoms with van der Waals surface area (Å²) in [4.78, 5) is 14.4. The van der Waals surface area contributed by atoms with E-state index in [1.54, 1.807) is 37.4 Å². The number of nitrogens with zero attached hydrogens (tertiary/aromatic N) is 2. The molecule has 21 heavy (non-hydrogen) atoms. The van der Waals surface area contributed by atoms with Crippen molar-refractivity contribution in [2.75, 3.05) is 7.11 Å². The van der Waals surface area contributed by atoms with Crippen LogP contribution in [0.1, 0.15) is 5.56 Å². The van der Waals surface area contributed by atoms with Crippen molar-refractivity contribution in [3.8, 4) is 11.5 Å². The molecule has 0 spiro atoms. The number of nitro benzene ring substituents is 1. The van der Waals surface area contributed by atoms with Gasteiger partial charge in [-0.2, -0.15) is 0 Å². The Kier molecular flexibility index (Phi) is 4.54. The number of nitro groups is 1. The highest BCUT2D eigenvalue weighted by Crippen LogP contribution is 2.32. The summed E-state index contributed by atoms with van der Waals surface area (Å²) >= 11 is 3.17. The van der Waals surface area contributed by atoms with Gasteiger partial charge in [0.15, 0.2) is 0 Å². The van der Waals surface area contributed by atoms with Crippen molar-refractivity contribution in [1.82, 2.24) is 0 Å². The van der Waals surface area contributed by atoms with Gasteiger partial charge < -0.3 is 9.84 Å². The Morgan fingerprint density at radius 2 is 2.14 bits per heavy atom. The number of aliphatic imine (C=N–C) groups is 1. The topological polar surface area (TPSA) is 85.0 Å². The molecule has 7 heteroatoms. The maximum absolute atomic E-state index is 10.8. The van der Waals surface area contributed by atoms with Gasteiger partial charge in [0.25, 0.3) is 0 Å². The standard InChI is InChI=1S/C14H11BrN2O4/c1-21-12-4-2-3-11(7-12)16-8-9-5-10(15)6-13(14(9)18)17(19)20/h2-8,18H,1H3/b16-8+. The number of halogens is 1. The summed E-state index contributed by atoms with van der Waals surface area (Å²) in [6, 6.07) is 9.79. The summed E-state index contributed by atoms with van der Waals surface area (Å²) in [6.07, 6.45) is 1.36. The van der Waals surface area contributed by atoms with Gasteiger partial charge in [0.2, 0.25) is 5.75 Å². The van der Waals surface area contributed by atoms with Gasteiger partial charge in [0.1, 0.15) is 5.75 Å². The van der Waals surface area contributed by atoms with E-state index in [9.17, 15) is 15.2 Å². The smallest absolute Gasteiger partial charge is 0.312 e. The minimum Gasteiger partial charge on any atom is -0.502 e. The second kappa shape index (κ2) is 6.36. The fraction of sp³-hybridized carbons (Fsp3) is 0.0714. The van der Waals surface area contributed by atoms with E-state index < -0.39 is 10.7 Å². The molecule has 0 fully saturated rings. The molecule has 0 saturated heterocycles. The van der Waals surface area contributed by atoms with E-state index in [4.69, 9.17) is 4.74 Å². The van der Waals surface area contributed by atoms with Crippen molar-refractivity contribution in [2.24, 2.45) is 4.99 Å². The lowest BCUT2D eigenvalue weighted by molar-refractivity contribution is -0.385. The number of rotatable bonds is 4. The molecule has 0 bridgehead atoms. The lowest BCUT2D eigenvalue weighted by Crippen LogP contribution is -1.92. The average Bonchev–Trinajstić information content (AvgIpc) is 2.47. The first-order valence-corrected chi connectivity index (χ1v) is 6.65. The molecule has 0 heterocycles. The quantitative estimate of drug-likeness (QED) is 0.515. The monoisotopic (exact) mass is 350 g/mol. The molecule has 0 aliphatic rings. The van der Waals surface area contributed by atoms with Gasteiger partial charge in [0, 0.05) is 28.4 Å². The summed E-state index contributed by atoms with van der Waals surface area (Å²) in [7, 11) is 1.55. The van der Waals surface area contributed by atoms with Gasteiger partial charge in [-0.05, 0) is 18.2 Å². The van der Waals surface area contributed by atoms with Gasteiger partial charge in [-0.1, -0.05) is 22.0 Å². The zero-order chi connectivity index (χ0) is 15.4. The number of aromatic hydroxyl groups is 1. The Hall–Kier alpha value is -2.41. The van der Waals surface area contributed by atoms with Crippen LogP contribution in [0.4, 0.5) is 11.4 Å². The molecule has 2 rings (SSSR count). The van der Waals surface area contributed by atoms with Crippen LogP contribution in [-0.2, 0) is 0 Å². The lowest BCUT2D eigenvalue weighted by atomic mass is 10.2. The van der Waals surface area contributed by atoms with Gasteiger partial charge in [-0.25, -0.2) is 0 Å². The van der Waals surface area contributed by atoms with E-state index in [1.165, 1.54) is 12.3 Å². The van der Waals surface area contributed by atoms with Crippen LogP contribution in [0.5, 0.6) is 11.5 Å². The predicted octanol–water partition coefficient (Wildman–Crippen LogP) is 3.82. The van der Waals surface area contributed by atoms with Crippen LogP contribution in [0.2, 0.25) is 0 Å². The molecule has 108 valence electrons. The summed E-state index contributed by atoms with van der Waals surface area (Å²) in [5.74, 6) is 0.226. The molecule has 0 amide bonds. The van der Waals surface area contributed by atoms with E-state index in [1.807, 2.05) is 0 Å². The number of hydrogen-bond donors (Lipinski definition) is 1. The van der Waals surface area contributed by atoms with Crippen molar-refractivity contribution >= 4 is 33.5 Å². The van der Waals surface area contributed by atoms with Gasteiger partial charge in [-0.15, -0.1) is 0 Å². The number of phenolic OH excluding ortho intramolecular Hbond substituents is 1. The number of benzene rings is 2. The Balaban J connectivity index is 2.38. The zero-order valence-electron chi connectivity index (χ0n) is 11.0. The highest BCUT2D eigenvalue weighted by atomic mass is 79.9. The minimum absolute atomic E-state index is 0.249. The summed E-state index contributed by atoms with van der Waals surface area (Å²) in [5.41, 5.74) is 0.478. The van der Waals surface area contributed by atoms with Crippen molar-refractivity contribution in [3.05, 3.63) is 56.5 Å². The lowest BCUT2D eigenvalue weighted by Gasteiger charge is -2.02. The highest BCUT2D eigenvalue weighted by molar-refractivity contribution is 9.10. The number of methoxy groups -OCH3 is 1. The Morgan fingerprint density at radius 3 is 2.81 bits per heavy atom. The van der Waals surface area contributed by atoms with Crippen LogP contribution in [0.15, 0.2) is 45.9 Å². The van der Waals surface area contributed by atoms with Crippen LogP contribution < -0.4 is 4.74 Å². The molecule has 1 N–H and O–H groups in total. The van der Waals surface area contributed by atoms with E-state index >= 15 is 0 Å². The van der Waals surface area contributed by atoms with Crippen LogP contribution in [0, 0.1) is 10.1 Å². The normalized spacial score (nSPS) is 10.8. The minimum atomic E-state index is -0.650. The first-order chi connectivity index (χ1) is 10.0. The molecule has 0 aromatic heterocycles. The molecule has 0 unspecified atom stereocenters. The van der Waals surface area contributed by atoms with E-state index in [2.05, 4.69) is 20.9 Å². The van der Waals surface area contributed by atoms with Crippen molar-refractivity contribution in [3.63, 3.8) is 0 Å². The van der Waals surface area contributed by atoms with Crippen LogP contribution in [0.3, 0.4) is 0 Å². The van der Waals surface area contributed by atoms with Crippen molar-refractivity contribution in [1.29, 1.82) is 0 Å². The maximum atomic E-state index is 10.8. The van der Waals surface area contributed by atoms with E-state index in [-0.39, 0.29) is 11.3 Å². The van der Waals surface area contributed by atoms with Gasteiger partial charge in [-0.3, -0.25) is 15.1 Å². The maximum Gasteiger partial charge on any atom is 0.312 e. The predicted molar refractivity (Wildman–Crippen MR) is 82.7 cm³/mol. The fourth-order valence-corrected chi connectivity index (χ4v) is 2.14. The van der Waals surface area contributed by atoms with Crippen LogP contribution in [-0.4, -0.2) is 23.4 Å². The largest absolute Gasteiger partial charge is 0.502 e. The molecular weight excluding hydrogens is 340 g/mol. The highest BCUT2D eigenvalue weighted by Gasteiger charge is 2.17. The molecule has 2 aromatic carbocycles. The summed E-state index contributed by atoms with van der Waals surface area (Å²) in [5, 5.41) is 20.7. The molecule has 0 atom stereocenters. The Morgan fingerprint density at radius 1 is 1.38 bits per heavy atom. The second-order valence-corrected chi connectivity index (χ2v) is 5.00. The molecule has 0 radical (unpaired) electrons. The molecule has 0 saturated carbocycles. The van der Waals surface area contributed by atoms with Crippen LogP contribution in [0.25, 0.3) is 0 Å². The van der Waals surface area contributed by atoms with Gasteiger partial charge in [0.05, 0.1) is 17.7 Å². The van der Waals surface area contributed by atoms with Crippen LogP contribution >= 0.6 is 15.9 Å². The first-order valence-electron chi connectivity index (χ1n) is 5.86. The number of phenols is 1. The summed E-state index contributed by atoms with van der Waals surface area (Å²) < 4.78 is 5.57. The number of ether oxygens (including phenoxy) is 1. The van der Waals surface area contributed by atoms with Crippen molar-refractivity contribution in [2.45, 2.75) is 0 Å². The average molecular weight is 351 g/mol. The first kappa shape index (κ1) is 15.0. The SMILES string of the molecule is COc1cccc(/N=C/c2cc(Br)cc([N+](=O)[O-])c2O)c1.